The van der Waals surface area contributed by atoms with Crippen LogP contribution in [0.1, 0.15) is 33.6 Å². The highest BCUT2D eigenvalue weighted by Crippen LogP contribution is 2.17. The molecule has 0 spiro atoms. The zero-order valence-corrected chi connectivity index (χ0v) is 8.34. The zero-order chi connectivity index (χ0) is 9.14. The van der Waals surface area contributed by atoms with Crippen molar-refractivity contribution in [2.24, 2.45) is 5.92 Å². The summed E-state index contributed by atoms with van der Waals surface area (Å²) >= 11 is 0. The van der Waals surface area contributed by atoms with Gasteiger partial charge >= 0.3 is 0 Å². The second kappa shape index (κ2) is 4.04. The Morgan fingerprint density at radius 3 is 2.75 bits per heavy atom. The number of ketones is 1. The van der Waals surface area contributed by atoms with E-state index in [0.29, 0.717) is 17.7 Å². The minimum Gasteiger partial charge on any atom is -0.300 e. The highest BCUT2D eigenvalue weighted by atomic mass is 16.1. The third-order valence-corrected chi connectivity index (χ3v) is 2.78. The van der Waals surface area contributed by atoms with E-state index in [4.69, 9.17) is 0 Å². The van der Waals surface area contributed by atoms with Crippen LogP contribution in [-0.4, -0.2) is 29.8 Å². The first-order chi connectivity index (χ1) is 5.65. The number of carbonyl (C=O) groups is 1. The maximum atomic E-state index is 11.4. The molecule has 1 unspecified atom stereocenters. The maximum absolute atomic E-state index is 11.4. The van der Waals surface area contributed by atoms with E-state index in [1.165, 1.54) is 0 Å². The number of Topliss-reactive ketones (excluding diaryl/α,β-unsaturated/α-hetero) is 1. The fourth-order valence-corrected chi connectivity index (χ4v) is 1.76. The van der Waals surface area contributed by atoms with Gasteiger partial charge in [0.1, 0.15) is 5.78 Å². The van der Waals surface area contributed by atoms with E-state index < -0.39 is 0 Å². The summed E-state index contributed by atoms with van der Waals surface area (Å²) in [6, 6.07) is 0.590. The molecule has 0 radical (unpaired) electrons. The molecule has 0 aromatic heterocycles. The van der Waals surface area contributed by atoms with Crippen LogP contribution in [0.3, 0.4) is 0 Å². The van der Waals surface area contributed by atoms with Crippen LogP contribution in [0, 0.1) is 5.92 Å². The highest BCUT2D eigenvalue weighted by molar-refractivity contribution is 5.82. The summed E-state index contributed by atoms with van der Waals surface area (Å²) in [5.41, 5.74) is 0. The van der Waals surface area contributed by atoms with Crippen LogP contribution in [0.25, 0.3) is 0 Å². The Morgan fingerprint density at radius 1 is 1.58 bits per heavy atom. The molecule has 1 rings (SSSR count). The zero-order valence-electron chi connectivity index (χ0n) is 8.34. The Morgan fingerprint density at radius 2 is 2.25 bits per heavy atom. The van der Waals surface area contributed by atoms with E-state index in [1.54, 1.807) is 0 Å². The fourth-order valence-electron chi connectivity index (χ4n) is 1.76. The van der Waals surface area contributed by atoms with Crippen LogP contribution >= 0.6 is 0 Å². The van der Waals surface area contributed by atoms with Crippen molar-refractivity contribution >= 4 is 5.78 Å². The predicted molar refractivity (Wildman–Crippen MR) is 50.1 cm³/mol. The molecule has 1 aliphatic heterocycles. The first-order valence-corrected chi connectivity index (χ1v) is 4.92. The molecule has 1 saturated heterocycles. The first kappa shape index (κ1) is 9.72. The second-order valence-corrected chi connectivity index (χ2v) is 3.91. The first-order valence-electron chi connectivity index (χ1n) is 4.92. The molecule has 0 bridgehead atoms. The smallest absolute Gasteiger partial charge is 0.138 e. The Balaban J connectivity index is 2.49. The van der Waals surface area contributed by atoms with Gasteiger partial charge in [-0.05, 0) is 20.3 Å². The summed E-state index contributed by atoms with van der Waals surface area (Å²) in [5, 5.41) is 0. The lowest BCUT2D eigenvalue weighted by atomic mass is 9.93. The van der Waals surface area contributed by atoms with Crippen LogP contribution in [-0.2, 0) is 4.79 Å². The van der Waals surface area contributed by atoms with E-state index in [1.807, 2.05) is 0 Å². The monoisotopic (exact) mass is 169 g/mol. The molecule has 0 N–H and O–H groups in total. The largest absolute Gasteiger partial charge is 0.300 e. The summed E-state index contributed by atoms with van der Waals surface area (Å²) in [6.07, 6.45) is 1.76. The van der Waals surface area contributed by atoms with E-state index >= 15 is 0 Å². The second-order valence-electron chi connectivity index (χ2n) is 3.91. The van der Waals surface area contributed by atoms with Crippen LogP contribution < -0.4 is 0 Å². The van der Waals surface area contributed by atoms with Crippen molar-refractivity contribution in [3.05, 3.63) is 0 Å². The molecule has 0 aromatic rings. The van der Waals surface area contributed by atoms with E-state index in [9.17, 15) is 4.79 Å². The summed E-state index contributed by atoms with van der Waals surface area (Å²) in [5.74, 6) is 0.774. The quantitative estimate of drug-likeness (QED) is 0.627. The molecule has 12 heavy (non-hydrogen) atoms. The number of nitrogens with zero attached hydrogens (tertiary/aromatic N) is 1. The van der Waals surface area contributed by atoms with E-state index in [2.05, 4.69) is 25.7 Å². The molecule has 1 heterocycles. The van der Waals surface area contributed by atoms with Crippen LogP contribution in [0.5, 0.6) is 0 Å². The molecule has 0 amide bonds. The van der Waals surface area contributed by atoms with Gasteiger partial charge in [0.15, 0.2) is 0 Å². The number of likely N-dealkylation sites (tertiary alicyclic amines) is 1. The van der Waals surface area contributed by atoms with Crippen LogP contribution in [0.4, 0.5) is 0 Å². The summed E-state index contributed by atoms with van der Waals surface area (Å²) in [7, 11) is 0. The molecule has 0 aromatic carbocycles. The van der Waals surface area contributed by atoms with Gasteiger partial charge in [-0.2, -0.15) is 0 Å². The number of hydrogen-bond acceptors (Lipinski definition) is 2. The molecule has 1 atom stereocenters. The lowest BCUT2D eigenvalue weighted by molar-refractivity contribution is -0.126. The third kappa shape index (κ3) is 2.07. The van der Waals surface area contributed by atoms with Crippen LogP contribution in [0.15, 0.2) is 0 Å². The van der Waals surface area contributed by atoms with Gasteiger partial charge in [0, 0.05) is 31.5 Å². The van der Waals surface area contributed by atoms with Gasteiger partial charge in [-0.25, -0.2) is 0 Å². The molecule has 1 fully saturated rings. The molecule has 2 heteroatoms. The number of carbonyl (C=O) groups excluding carboxylic acids is 1. The van der Waals surface area contributed by atoms with Crippen molar-refractivity contribution in [2.45, 2.75) is 39.7 Å². The standard InChI is InChI=1S/C10H19NO/c1-4-9-7-11(8(2)3)6-5-10(9)12/h8-9H,4-7H2,1-3H3. The molecule has 2 nitrogen and oxygen atoms in total. The van der Waals surface area contributed by atoms with Crippen molar-refractivity contribution in [1.29, 1.82) is 0 Å². The summed E-state index contributed by atoms with van der Waals surface area (Å²) in [4.78, 5) is 13.8. The molecule has 70 valence electrons. The molecule has 1 aliphatic rings. The third-order valence-electron chi connectivity index (χ3n) is 2.78. The van der Waals surface area contributed by atoms with Gasteiger partial charge in [-0.1, -0.05) is 6.92 Å². The van der Waals surface area contributed by atoms with Gasteiger partial charge < -0.3 is 0 Å². The Kier molecular flexibility index (Phi) is 3.27. The van der Waals surface area contributed by atoms with Crippen molar-refractivity contribution in [3.8, 4) is 0 Å². The number of piperidine rings is 1. The summed E-state index contributed by atoms with van der Waals surface area (Å²) in [6.45, 7) is 8.44. The Labute approximate surface area is 74.9 Å². The average molecular weight is 169 g/mol. The molecular formula is C10H19NO. The maximum Gasteiger partial charge on any atom is 0.138 e. The SMILES string of the molecule is CCC1CN(C(C)C)CCC1=O. The molecule has 0 aliphatic carbocycles. The van der Waals surface area contributed by atoms with Gasteiger partial charge in [-0.15, -0.1) is 0 Å². The van der Waals surface area contributed by atoms with Crippen molar-refractivity contribution in [3.63, 3.8) is 0 Å². The topological polar surface area (TPSA) is 20.3 Å². The molecule has 0 saturated carbocycles. The van der Waals surface area contributed by atoms with Crippen molar-refractivity contribution < 1.29 is 4.79 Å². The number of rotatable bonds is 2. The van der Waals surface area contributed by atoms with Gasteiger partial charge in [0.05, 0.1) is 0 Å². The minimum atomic E-state index is 0.307. The van der Waals surface area contributed by atoms with Gasteiger partial charge in [0.25, 0.3) is 0 Å². The van der Waals surface area contributed by atoms with Gasteiger partial charge in [0.2, 0.25) is 0 Å². The minimum absolute atomic E-state index is 0.307. The predicted octanol–water partition coefficient (Wildman–Crippen LogP) is 1.70. The normalized spacial score (nSPS) is 26.7. The number of hydrogen-bond donors (Lipinski definition) is 0. The summed E-state index contributed by atoms with van der Waals surface area (Å²) < 4.78 is 0. The van der Waals surface area contributed by atoms with Crippen molar-refractivity contribution in [2.75, 3.05) is 13.1 Å². The Bertz CT molecular complexity index is 165. The van der Waals surface area contributed by atoms with Crippen LogP contribution in [0.2, 0.25) is 0 Å². The lowest BCUT2D eigenvalue weighted by Gasteiger charge is -2.34. The lowest BCUT2D eigenvalue weighted by Crippen LogP contribution is -2.43. The average Bonchev–Trinajstić information content (AvgIpc) is 2.05. The van der Waals surface area contributed by atoms with Crippen molar-refractivity contribution in [1.82, 2.24) is 4.90 Å². The van der Waals surface area contributed by atoms with Gasteiger partial charge in [-0.3, -0.25) is 9.69 Å². The Hall–Kier alpha value is -0.370. The fraction of sp³-hybridized carbons (Fsp3) is 0.900. The van der Waals surface area contributed by atoms with E-state index in [-0.39, 0.29) is 0 Å². The molecular weight excluding hydrogens is 150 g/mol. The van der Waals surface area contributed by atoms with E-state index in [0.717, 1.165) is 25.9 Å². The highest BCUT2D eigenvalue weighted by Gasteiger charge is 2.26.